The van der Waals surface area contributed by atoms with E-state index >= 15 is 0 Å². The lowest BCUT2D eigenvalue weighted by Gasteiger charge is -2.17. The maximum atomic E-state index is 5.95. The fourth-order valence-electron chi connectivity index (χ4n) is 2.81. The van der Waals surface area contributed by atoms with Gasteiger partial charge < -0.3 is 15.2 Å². The molecule has 110 valence electrons. The van der Waals surface area contributed by atoms with Crippen LogP contribution in [0.15, 0.2) is 36.4 Å². The van der Waals surface area contributed by atoms with Gasteiger partial charge in [0.1, 0.15) is 17.2 Å². The van der Waals surface area contributed by atoms with E-state index in [0.29, 0.717) is 18.0 Å². The van der Waals surface area contributed by atoms with E-state index in [-0.39, 0.29) is 0 Å². The third-order valence-electron chi connectivity index (χ3n) is 3.77. The quantitative estimate of drug-likeness (QED) is 0.849. The number of aryl methyl sites for hydroxylation is 2. The van der Waals surface area contributed by atoms with Crippen molar-refractivity contribution in [1.82, 2.24) is 0 Å². The lowest BCUT2D eigenvalue weighted by atomic mass is 9.92. The summed E-state index contributed by atoms with van der Waals surface area (Å²) < 4.78 is 11.4. The molecule has 3 nitrogen and oxygen atoms in total. The van der Waals surface area contributed by atoms with E-state index in [2.05, 4.69) is 12.1 Å². The highest BCUT2D eigenvalue weighted by Crippen LogP contribution is 2.31. The minimum atomic E-state index is 0.613. The molecule has 0 amide bonds. The summed E-state index contributed by atoms with van der Waals surface area (Å²) in [5.41, 5.74) is 9.41. The van der Waals surface area contributed by atoms with E-state index in [4.69, 9.17) is 15.2 Å². The minimum absolute atomic E-state index is 0.613. The average Bonchev–Trinajstić information content (AvgIpc) is 2.47. The van der Waals surface area contributed by atoms with Crippen molar-refractivity contribution in [3.8, 4) is 17.2 Å². The molecule has 3 heteroatoms. The van der Waals surface area contributed by atoms with Crippen molar-refractivity contribution in [3.05, 3.63) is 47.5 Å². The number of fused-ring (bicyclic) bond motifs is 1. The van der Waals surface area contributed by atoms with E-state index < -0.39 is 0 Å². The molecule has 0 unspecified atom stereocenters. The fraction of sp³-hybridized carbons (Fsp3) is 0.333. The number of hydrogen-bond donors (Lipinski definition) is 1. The van der Waals surface area contributed by atoms with Crippen molar-refractivity contribution in [3.63, 3.8) is 0 Å². The summed E-state index contributed by atoms with van der Waals surface area (Å²) in [6.07, 6.45) is 4.89. The van der Waals surface area contributed by atoms with Gasteiger partial charge in [0.2, 0.25) is 0 Å². The normalized spacial score (nSPS) is 13.6. The monoisotopic (exact) mass is 283 g/mol. The Hall–Kier alpha value is -2.16. The molecule has 0 saturated carbocycles. The summed E-state index contributed by atoms with van der Waals surface area (Å²) in [6.45, 7) is 2.56. The van der Waals surface area contributed by atoms with E-state index in [0.717, 1.165) is 17.9 Å². The molecule has 1 aliphatic rings. The Kier molecular flexibility index (Phi) is 4.00. The average molecular weight is 283 g/mol. The SMILES string of the molecule is CCOc1cc(N)cc(Oc2ccc3c(c2)CCCC3)c1. The van der Waals surface area contributed by atoms with Gasteiger partial charge in [0, 0.05) is 23.9 Å². The van der Waals surface area contributed by atoms with E-state index in [1.807, 2.05) is 31.2 Å². The minimum Gasteiger partial charge on any atom is -0.494 e. The van der Waals surface area contributed by atoms with Crippen molar-refractivity contribution in [1.29, 1.82) is 0 Å². The zero-order chi connectivity index (χ0) is 14.7. The molecule has 2 aromatic rings. The standard InChI is InChI=1S/C18H21NO2/c1-2-20-17-10-15(19)11-18(12-17)21-16-8-7-13-5-3-4-6-14(13)9-16/h7-12H,2-6,19H2,1H3. The molecule has 1 aliphatic carbocycles. The van der Waals surface area contributed by atoms with Crippen molar-refractivity contribution in [2.45, 2.75) is 32.6 Å². The number of rotatable bonds is 4. The van der Waals surface area contributed by atoms with E-state index in [1.165, 1.54) is 30.4 Å². The largest absolute Gasteiger partial charge is 0.494 e. The lowest BCUT2D eigenvalue weighted by molar-refractivity contribution is 0.338. The van der Waals surface area contributed by atoms with Gasteiger partial charge in [-0.2, -0.15) is 0 Å². The second-order valence-electron chi connectivity index (χ2n) is 5.41. The Balaban J connectivity index is 1.83. The number of nitrogen functional groups attached to an aromatic ring is 1. The van der Waals surface area contributed by atoms with Crippen molar-refractivity contribution < 1.29 is 9.47 Å². The van der Waals surface area contributed by atoms with Crippen LogP contribution in [0.1, 0.15) is 30.9 Å². The van der Waals surface area contributed by atoms with Crippen molar-refractivity contribution in [2.75, 3.05) is 12.3 Å². The number of benzene rings is 2. The maximum Gasteiger partial charge on any atom is 0.133 e. The third-order valence-corrected chi connectivity index (χ3v) is 3.77. The Morgan fingerprint density at radius 3 is 2.48 bits per heavy atom. The van der Waals surface area contributed by atoms with E-state index in [1.54, 1.807) is 0 Å². The second-order valence-corrected chi connectivity index (χ2v) is 5.41. The zero-order valence-electron chi connectivity index (χ0n) is 12.4. The van der Waals surface area contributed by atoms with Gasteiger partial charge in [0.15, 0.2) is 0 Å². The molecule has 0 saturated heterocycles. The highest BCUT2D eigenvalue weighted by molar-refractivity contribution is 5.51. The summed E-state index contributed by atoms with van der Waals surface area (Å²) >= 11 is 0. The van der Waals surface area contributed by atoms with Crippen LogP contribution in [-0.4, -0.2) is 6.61 Å². The van der Waals surface area contributed by atoms with Crippen LogP contribution in [0.25, 0.3) is 0 Å². The summed E-state index contributed by atoms with van der Waals surface area (Å²) in [5.74, 6) is 2.32. The number of nitrogens with two attached hydrogens (primary N) is 1. The summed E-state index contributed by atoms with van der Waals surface area (Å²) in [6, 6.07) is 11.9. The Labute approximate surface area is 125 Å². The third kappa shape index (κ3) is 3.30. The summed E-state index contributed by atoms with van der Waals surface area (Å²) in [5, 5.41) is 0. The van der Waals surface area contributed by atoms with Gasteiger partial charge in [-0.1, -0.05) is 6.07 Å². The Morgan fingerprint density at radius 2 is 1.67 bits per heavy atom. The molecule has 0 fully saturated rings. The molecule has 0 heterocycles. The summed E-state index contributed by atoms with van der Waals surface area (Å²) in [7, 11) is 0. The molecule has 0 aromatic heterocycles. The first kappa shape index (κ1) is 13.8. The molecule has 0 spiro atoms. The number of anilines is 1. The molecule has 21 heavy (non-hydrogen) atoms. The molecule has 3 rings (SSSR count). The maximum absolute atomic E-state index is 5.95. The Morgan fingerprint density at radius 1 is 0.905 bits per heavy atom. The van der Waals surface area contributed by atoms with Crippen LogP contribution < -0.4 is 15.2 Å². The van der Waals surface area contributed by atoms with Crippen LogP contribution in [-0.2, 0) is 12.8 Å². The van der Waals surface area contributed by atoms with Gasteiger partial charge in [-0.15, -0.1) is 0 Å². The lowest BCUT2D eigenvalue weighted by Crippen LogP contribution is -2.02. The smallest absolute Gasteiger partial charge is 0.133 e. The van der Waals surface area contributed by atoms with Gasteiger partial charge in [-0.25, -0.2) is 0 Å². The van der Waals surface area contributed by atoms with Crippen LogP contribution >= 0.6 is 0 Å². The Bertz CT molecular complexity index is 637. The molecule has 2 N–H and O–H groups in total. The predicted octanol–water partition coefficient (Wildman–Crippen LogP) is 4.34. The molecule has 0 aliphatic heterocycles. The van der Waals surface area contributed by atoms with Crippen LogP contribution in [0.2, 0.25) is 0 Å². The summed E-state index contributed by atoms with van der Waals surface area (Å²) in [4.78, 5) is 0. The molecular formula is C18H21NO2. The van der Waals surface area contributed by atoms with Gasteiger partial charge in [-0.05, 0) is 55.9 Å². The predicted molar refractivity (Wildman–Crippen MR) is 85.2 cm³/mol. The molecule has 0 bridgehead atoms. The first-order valence-electron chi connectivity index (χ1n) is 7.57. The second kappa shape index (κ2) is 6.08. The van der Waals surface area contributed by atoms with Gasteiger partial charge in [0.05, 0.1) is 6.61 Å². The number of hydrogen-bond acceptors (Lipinski definition) is 3. The first-order chi connectivity index (χ1) is 10.2. The van der Waals surface area contributed by atoms with Gasteiger partial charge >= 0.3 is 0 Å². The molecular weight excluding hydrogens is 262 g/mol. The zero-order valence-corrected chi connectivity index (χ0v) is 12.4. The first-order valence-corrected chi connectivity index (χ1v) is 7.57. The van der Waals surface area contributed by atoms with Crippen LogP contribution in [0, 0.1) is 0 Å². The van der Waals surface area contributed by atoms with Crippen LogP contribution in [0.3, 0.4) is 0 Å². The topological polar surface area (TPSA) is 44.5 Å². The van der Waals surface area contributed by atoms with Crippen molar-refractivity contribution >= 4 is 5.69 Å². The molecule has 0 atom stereocenters. The molecule has 2 aromatic carbocycles. The van der Waals surface area contributed by atoms with Crippen LogP contribution in [0.4, 0.5) is 5.69 Å². The van der Waals surface area contributed by atoms with Crippen molar-refractivity contribution in [2.24, 2.45) is 0 Å². The van der Waals surface area contributed by atoms with Gasteiger partial charge in [0.25, 0.3) is 0 Å². The van der Waals surface area contributed by atoms with Crippen LogP contribution in [0.5, 0.6) is 17.2 Å². The highest BCUT2D eigenvalue weighted by atomic mass is 16.5. The van der Waals surface area contributed by atoms with E-state index in [9.17, 15) is 0 Å². The fourth-order valence-corrected chi connectivity index (χ4v) is 2.81. The highest BCUT2D eigenvalue weighted by Gasteiger charge is 2.10. The molecule has 0 radical (unpaired) electrons. The van der Waals surface area contributed by atoms with Gasteiger partial charge in [-0.3, -0.25) is 0 Å². The number of ether oxygens (including phenoxy) is 2.